The van der Waals surface area contributed by atoms with Gasteiger partial charge in [-0.2, -0.15) is 0 Å². The van der Waals surface area contributed by atoms with Crippen molar-refractivity contribution < 1.29 is 9.53 Å². The van der Waals surface area contributed by atoms with Crippen LogP contribution in [0.3, 0.4) is 0 Å². The van der Waals surface area contributed by atoms with E-state index in [1.807, 2.05) is 4.90 Å². The quantitative estimate of drug-likeness (QED) is 0.843. The summed E-state index contributed by atoms with van der Waals surface area (Å²) in [6.07, 6.45) is 4.50. The van der Waals surface area contributed by atoms with E-state index < -0.39 is 0 Å². The van der Waals surface area contributed by atoms with Crippen molar-refractivity contribution in [3.8, 4) is 0 Å². The molecule has 19 heavy (non-hydrogen) atoms. The maximum atomic E-state index is 12.0. The van der Waals surface area contributed by atoms with Crippen molar-refractivity contribution in [3.63, 3.8) is 0 Å². The van der Waals surface area contributed by atoms with Gasteiger partial charge in [-0.1, -0.05) is 13.8 Å². The summed E-state index contributed by atoms with van der Waals surface area (Å²) in [6, 6.07) is 0.608. The van der Waals surface area contributed by atoms with Crippen molar-refractivity contribution in [1.82, 2.24) is 10.2 Å². The second-order valence-electron chi connectivity index (χ2n) is 6.31. The molecule has 2 unspecified atom stereocenters. The van der Waals surface area contributed by atoms with Crippen LogP contribution in [0.2, 0.25) is 0 Å². The minimum atomic E-state index is 0.271. The molecule has 0 aromatic rings. The topological polar surface area (TPSA) is 41.6 Å². The van der Waals surface area contributed by atoms with E-state index in [4.69, 9.17) is 4.74 Å². The lowest BCUT2D eigenvalue weighted by molar-refractivity contribution is -0.135. The Morgan fingerprint density at radius 3 is 2.42 bits per heavy atom. The monoisotopic (exact) mass is 268 g/mol. The SMILES string of the molecule is CC1CC(C)CC(NCCC(=O)N2CCOCC2)C1. The molecule has 1 aliphatic heterocycles. The number of ether oxygens (including phenoxy) is 1. The van der Waals surface area contributed by atoms with Crippen molar-refractivity contribution in [2.24, 2.45) is 11.8 Å². The van der Waals surface area contributed by atoms with Gasteiger partial charge >= 0.3 is 0 Å². The molecule has 0 radical (unpaired) electrons. The third kappa shape index (κ3) is 4.77. The van der Waals surface area contributed by atoms with E-state index in [2.05, 4.69) is 19.2 Å². The average molecular weight is 268 g/mol. The number of hydrogen-bond donors (Lipinski definition) is 1. The number of morpholine rings is 1. The van der Waals surface area contributed by atoms with E-state index in [9.17, 15) is 4.79 Å². The molecule has 1 saturated heterocycles. The van der Waals surface area contributed by atoms with Gasteiger partial charge in [-0.05, 0) is 31.1 Å². The third-order valence-electron chi connectivity index (χ3n) is 4.31. The van der Waals surface area contributed by atoms with Gasteiger partial charge in [0.15, 0.2) is 0 Å². The van der Waals surface area contributed by atoms with Crippen LogP contribution in [0.5, 0.6) is 0 Å². The Morgan fingerprint density at radius 2 is 1.79 bits per heavy atom. The molecule has 2 fully saturated rings. The second kappa shape index (κ2) is 7.25. The Balaban J connectivity index is 1.64. The van der Waals surface area contributed by atoms with Crippen LogP contribution in [-0.2, 0) is 9.53 Å². The third-order valence-corrected chi connectivity index (χ3v) is 4.31. The van der Waals surface area contributed by atoms with E-state index in [0.29, 0.717) is 25.7 Å². The highest BCUT2D eigenvalue weighted by atomic mass is 16.5. The lowest BCUT2D eigenvalue weighted by Gasteiger charge is -2.32. The minimum Gasteiger partial charge on any atom is -0.378 e. The zero-order chi connectivity index (χ0) is 13.7. The van der Waals surface area contributed by atoms with E-state index >= 15 is 0 Å². The molecule has 1 amide bonds. The molecule has 0 spiro atoms. The van der Waals surface area contributed by atoms with Crippen LogP contribution >= 0.6 is 0 Å². The Labute approximate surface area is 116 Å². The molecular formula is C15H28N2O2. The molecule has 0 aromatic heterocycles. The maximum absolute atomic E-state index is 12.0. The number of carbonyl (C=O) groups is 1. The number of hydrogen-bond acceptors (Lipinski definition) is 3. The Morgan fingerprint density at radius 1 is 1.16 bits per heavy atom. The molecule has 4 nitrogen and oxygen atoms in total. The largest absolute Gasteiger partial charge is 0.378 e. The number of carbonyl (C=O) groups excluding carboxylic acids is 1. The molecule has 110 valence electrons. The van der Waals surface area contributed by atoms with E-state index in [-0.39, 0.29) is 5.91 Å². The first-order chi connectivity index (χ1) is 9.15. The summed E-state index contributed by atoms with van der Waals surface area (Å²) in [5.74, 6) is 1.90. The number of nitrogens with zero attached hydrogens (tertiary/aromatic N) is 1. The first-order valence-electron chi connectivity index (χ1n) is 7.74. The van der Waals surface area contributed by atoms with Gasteiger partial charge in [-0.15, -0.1) is 0 Å². The maximum Gasteiger partial charge on any atom is 0.224 e. The lowest BCUT2D eigenvalue weighted by Crippen LogP contribution is -2.43. The summed E-state index contributed by atoms with van der Waals surface area (Å²) in [5.41, 5.74) is 0. The normalized spacial score (nSPS) is 32.3. The van der Waals surface area contributed by atoms with Gasteiger partial charge in [0.05, 0.1) is 13.2 Å². The highest BCUT2D eigenvalue weighted by Gasteiger charge is 2.23. The smallest absolute Gasteiger partial charge is 0.224 e. The Hall–Kier alpha value is -0.610. The van der Waals surface area contributed by atoms with Crippen molar-refractivity contribution >= 4 is 5.91 Å². The van der Waals surface area contributed by atoms with E-state index in [0.717, 1.165) is 31.5 Å². The fourth-order valence-corrected chi connectivity index (χ4v) is 3.47. The molecule has 1 aliphatic carbocycles. The van der Waals surface area contributed by atoms with Crippen LogP contribution in [0.1, 0.15) is 39.5 Å². The van der Waals surface area contributed by atoms with E-state index in [1.54, 1.807) is 0 Å². The van der Waals surface area contributed by atoms with Gasteiger partial charge in [-0.25, -0.2) is 0 Å². The first kappa shape index (κ1) is 14.8. The molecule has 1 saturated carbocycles. The highest BCUT2D eigenvalue weighted by molar-refractivity contribution is 5.76. The lowest BCUT2D eigenvalue weighted by atomic mass is 9.80. The average Bonchev–Trinajstić information content (AvgIpc) is 2.38. The van der Waals surface area contributed by atoms with Gasteiger partial charge in [0, 0.05) is 32.1 Å². The molecule has 2 atom stereocenters. The predicted octanol–water partition coefficient (Wildman–Crippen LogP) is 1.65. The fraction of sp³-hybridized carbons (Fsp3) is 0.933. The molecule has 1 N–H and O–H groups in total. The number of nitrogens with one attached hydrogen (secondary N) is 1. The molecule has 2 aliphatic rings. The summed E-state index contributed by atoms with van der Waals surface area (Å²) in [6.45, 7) is 8.40. The van der Waals surface area contributed by atoms with Crippen molar-refractivity contribution in [2.75, 3.05) is 32.8 Å². The van der Waals surface area contributed by atoms with Gasteiger partial charge in [0.2, 0.25) is 5.91 Å². The molecule has 0 aromatic carbocycles. The van der Waals surface area contributed by atoms with Gasteiger partial charge in [-0.3, -0.25) is 4.79 Å². The molecule has 1 heterocycles. The summed E-state index contributed by atoms with van der Waals surface area (Å²) in [7, 11) is 0. The van der Waals surface area contributed by atoms with Crippen LogP contribution < -0.4 is 5.32 Å². The van der Waals surface area contributed by atoms with Gasteiger partial charge in [0.1, 0.15) is 0 Å². The summed E-state index contributed by atoms with van der Waals surface area (Å²) in [4.78, 5) is 13.9. The standard InChI is InChI=1S/C15H28N2O2/c1-12-9-13(2)11-14(10-12)16-4-3-15(18)17-5-7-19-8-6-17/h12-14,16H,3-11H2,1-2H3. The Bertz CT molecular complexity index is 280. The zero-order valence-electron chi connectivity index (χ0n) is 12.4. The Kier molecular flexibility index (Phi) is 5.64. The minimum absolute atomic E-state index is 0.271. The molecular weight excluding hydrogens is 240 g/mol. The molecule has 0 bridgehead atoms. The summed E-state index contributed by atoms with van der Waals surface area (Å²) < 4.78 is 5.26. The van der Waals surface area contributed by atoms with Crippen molar-refractivity contribution in [3.05, 3.63) is 0 Å². The first-order valence-corrected chi connectivity index (χ1v) is 7.74. The summed E-state index contributed by atoms with van der Waals surface area (Å²) in [5, 5.41) is 3.57. The van der Waals surface area contributed by atoms with Crippen LogP contribution in [0, 0.1) is 11.8 Å². The molecule has 4 heteroatoms. The fourth-order valence-electron chi connectivity index (χ4n) is 3.47. The van der Waals surface area contributed by atoms with Crippen LogP contribution in [0.15, 0.2) is 0 Å². The van der Waals surface area contributed by atoms with Crippen LogP contribution in [-0.4, -0.2) is 49.7 Å². The second-order valence-corrected chi connectivity index (χ2v) is 6.31. The van der Waals surface area contributed by atoms with Crippen molar-refractivity contribution in [2.45, 2.75) is 45.6 Å². The highest BCUT2D eigenvalue weighted by Crippen LogP contribution is 2.28. The number of amides is 1. The van der Waals surface area contributed by atoms with E-state index in [1.165, 1.54) is 19.3 Å². The van der Waals surface area contributed by atoms with Crippen LogP contribution in [0.4, 0.5) is 0 Å². The van der Waals surface area contributed by atoms with Crippen molar-refractivity contribution in [1.29, 1.82) is 0 Å². The van der Waals surface area contributed by atoms with Gasteiger partial charge in [0.25, 0.3) is 0 Å². The van der Waals surface area contributed by atoms with Gasteiger partial charge < -0.3 is 15.0 Å². The van der Waals surface area contributed by atoms with Crippen LogP contribution in [0.25, 0.3) is 0 Å². The molecule has 2 rings (SSSR count). The zero-order valence-corrected chi connectivity index (χ0v) is 12.4. The number of rotatable bonds is 4. The predicted molar refractivity (Wildman–Crippen MR) is 76.0 cm³/mol. The summed E-state index contributed by atoms with van der Waals surface area (Å²) >= 11 is 0.